The van der Waals surface area contributed by atoms with Gasteiger partial charge in [-0.05, 0) is 49.1 Å². The Morgan fingerprint density at radius 3 is 2.40 bits per heavy atom. The molecule has 0 aromatic heterocycles. The SMILES string of the molecule is CCc1ccc(C(C)Nc2ccc(C)cc2OC)cc1. The molecule has 2 aromatic rings. The van der Waals surface area contributed by atoms with Gasteiger partial charge in [-0.2, -0.15) is 0 Å². The molecule has 2 heteroatoms. The first kappa shape index (κ1) is 14.4. The van der Waals surface area contributed by atoms with Crippen LogP contribution in [0.5, 0.6) is 5.75 Å². The van der Waals surface area contributed by atoms with E-state index < -0.39 is 0 Å². The Kier molecular flexibility index (Phi) is 4.67. The van der Waals surface area contributed by atoms with Gasteiger partial charge in [0.25, 0.3) is 0 Å². The van der Waals surface area contributed by atoms with Gasteiger partial charge in [-0.3, -0.25) is 0 Å². The first-order valence-electron chi connectivity index (χ1n) is 7.14. The maximum atomic E-state index is 5.44. The Hall–Kier alpha value is -1.96. The highest BCUT2D eigenvalue weighted by Gasteiger charge is 2.09. The van der Waals surface area contributed by atoms with Gasteiger partial charge in [0.1, 0.15) is 5.75 Å². The van der Waals surface area contributed by atoms with Crippen molar-refractivity contribution in [1.29, 1.82) is 0 Å². The number of benzene rings is 2. The number of hydrogen-bond acceptors (Lipinski definition) is 2. The van der Waals surface area contributed by atoms with Gasteiger partial charge in [-0.25, -0.2) is 0 Å². The molecule has 0 saturated heterocycles. The van der Waals surface area contributed by atoms with Gasteiger partial charge in [-0.15, -0.1) is 0 Å². The summed E-state index contributed by atoms with van der Waals surface area (Å²) in [6, 6.07) is 15.2. The molecule has 0 radical (unpaired) electrons. The van der Waals surface area contributed by atoms with Crippen molar-refractivity contribution in [3.05, 3.63) is 59.2 Å². The van der Waals surface area contributed by atoms with E-state index in [0.29, 0.717) is 0 Å². The molecule has 0 bridgehead atoms. The van der Waals surface area contributed by atoms with E-state index in [1.807, 2.05) is 0 Å². The van der Waals surface area contributed by atoms with Crippen molar-refractivity contribution in [1.82, 2.24) is 0 Å². The van der Waals surface area contributed by atoms with Crippen LogP contribution >= 0.6 is 0 Å². The van der Waals surface area contributed by atoms with Crippen LogP contribution in [-0.2, 0) is 6.42 Å². The van der Waals surface area contributed by atoms with Gasteiger partial charge >= 0.3 is 0 Å². The lowest BCUT2D eigenvalue weighted by Gasteiger charge is -2.18. The molecule has 1 unspecified atom stereocenters. The fraction of sp³-hybridized carbons (Fsp3) is 0.333. The highest BCUT2D eigenvalue weighted by atomic mass is 16.5. The number of nitrogens with one attached hydrogen (secondary N) is 1. The van der Waals surface area contributed by atoms with Crippen LogP contribution in [0.1, 0.15) is 36.6 Å². The molecule has 2 rings (SSSR count). The second-order valence-corrected chi connectivity index (χ2v) is 5.16. The number of hydrogen-bond donors (Lipinski definition) is 1. The summed E-state index contributed by atoms with van der Waals surface area (Å²) >= 11 is 0. The van der Waals surface area contributed by atoms with Crippen molar-refractivity contribution >= 4 is 5.69 Å². The van der Waals surface area contributed by atoms with Crippen molar-refractivity contribution in [2.24, 2.45) is 0 Å². The monoisotopic (exact) mass is 269 g/mol. The lowest BCUT2D eigenvalue weighted by Crippen LogP contribution is -2.07. The third-order valence-corrected chi connectivity index (χ3v) is 3.62. The Labute approximate surface area is 121 Å². The summed E-state index contributed by atoms with van der Waals surface area (Å²) in [5.74, 6) is 0.891. The predicted molar refractivity (Wildman–Crippen MR) is 85.6 cm³/mol. The van der Waals surface area contributed by atoms with E-state index in [2.05, 4.69) is 68.6 Å². The van der Waals surface area contributed by atoms with E-state index in [9.17, 15) is 0 Å². The van der Waals surface area contributed by atoms with E-state index in [1.165, 1.54) is 16.7 Å². The molecule has 20 heavy (non-hydrogen) atoms. The molecular weight excluding hydrogens is 246 g/mol. The van der Waals surface area contributed by atoms with Crippen LogP contribution in [-0.4, -0.2) is 7.11 Å². The average molecular weight is 269 g/mol. The lowest BCUT2D eigenvalue weighted by atomic mass is 10.0. The van der Waals surface area contributed by atoms with Gasteiger partial charge in [0.15, 0.2) is 0 Å². The van der Waals surface area contributed by atoms with Crippen molar-refractivity contribution in [3.63, 3.8) is 0 Å². The van der Waals surface area contributed by atoms with Gasteiger partial charge in [0, 0.05) is 6.04 Å². The van der Waals surface area contributed by atoms with E-state index in [1.54, 1.807) is 7.11 Å². The maximum absolute atomic E-state index is 5.44. The zero-order valence-electron chi connectivity index (χ0n) is 12.7. The first-order chi connectivity index (χ1) is 9.63. The van der Waals surface area contributed by atoms with Gasteiger partial charge < -0.3 is 10.1 Å². The molecule has 0 aliphatic rings. The van der Waals surface area contributed by atoms with Crippen LogP contribution < -0.4 is 10.1 Å². The van der Waals surface area contributed by atoms with Gasteiger partial charge in [0.2, 0.25) is 0 Å². The Morgan fingerprint density at radius 2 is 1.80 bits per heavy atom. The van der Waals surface area contributed by atoms with Crippen LogP contribution in [0.15, 0.2) is 42.5 Å². The molecular formula is C18H23NO. The minimum atomic E-state index is 0.248. The molecule has 0 aliphatic heterocycles. The van der Waals surface area contributed by atoms with Crippen LogP contribution in [0.3, 0.4) is 0 Å². The molecule has 2 aromatic carbocycles. The highest BCUT2D eigenvalue weighted by Crippen LogP contribution is 2.29. The lowest BCUT2D eigenvalue weighted by molar-refractivity contribution is 0.416. The highest BCUT2D eigenvalue weighted by molar-refractivity contribution is 5.58. The Balaban J connectivity index is 2.16. The fourth-order valence-corrected chi connectivity index (χ4v) is 2.28. The Bertz CT molecular complexity index is 560. The van der Waals surface area contributed by atoms with Crippen LogP contribution in [0, 0.1) is 6.92 Å². The summed E-state index contributed by atoms with van der Waals surface area (Å²) in [6.07, 6.45) is 1.08. The standard InChI is InChI=1S/C18H23NO/c1-5-15-7-9-16(10-8-15)14(3)19-17-11-6-13(2)12-18(17)20-4/h6-12,14,19H,5H2,1-4H3. The van der Waals surface area contributed by atoms with Crippen LogP contribution in [0.2, 0.25) is 0 Å². The van der Waals surface area contributed by atoms with E-state index >= 15 is 0 Å². The molecule has 0 aliphatic carbocycles. The molecule has 0 fully saturated rings. The summed E-state index contributed by atoms with van der Waals surface area (Å²) in [4.78, 5) is 0. The first-order valence-corrected chi connectivity index (χ1v) is 7.14. The molecule has 106 valence electrons. The van der Waals surface area contributed by atoms with E-state index in [-0.39, 0.29) is 6.04 Å². The van der Waals surface area contributed by atoms with Crippen molar-refractivity contribution in [2.45, 2.75) is 33.2 Å². The fourth-order valence-electron chi connectivity index (χ4n) is 2.28. The van der Waals surface area contributed by atoms with E-state index in [0.717, 1.165) is 17.9 Å². The minimum Gasteiger partial charge on any atom is -0.495 e. The topological polar surface area (TPSA) is 21.3 Å². The number of aryl methyl sites for hydroxylation is 2. The number of rotatable bonds is 5. The van der Waals surface area contributed by atoms with Crippen molar-refractivity contribution in [2.75, 3.05) is 12.4 Å². The summed E-state index contributed by atoms with van der Waals surface area (Å²) < 4.78 is 5.44. The second kappa shape index (κ2) is 6.47. The van der Waals surface area contributed by atoms with Gasteiger partial charge in [0.05, 0.1) is 12.8 Å². The van der Waals surface area contributed by atoms with Crippen LogP contribution in [0.25, 0.3) is 0 Å². The number of methoxy groups -OCH3 is 1. The van der Waals surface area contributed by atoms with Crippen LogP contribution in [0.4, 0.5) is 5.69 Å². The molecule has 0 heterocycles. The summed E-state index contributed by atoms with van der Waals surface area (Å²) in [7, 11) is 1.71. The molecule has 0 spiro atoms. The van der Waals surface area contributed by atoms with Crippen molar-refractivity contribution in [3.8, 4) is 5.75 Å². The normalized spacial score (nSPS) is 12.0. The largest absolute Gasteiger partial charge is 0.495 e. The zero-order chi connectivity index (χ0) is 14.5. The molecule has 1 N–H and O–H groups in total. The summed E-state index contributed by atoms with van der Waals surface area (Å²) in [6.45, 7) is 6.41. The average Bonchev–Trinajstić information content (AvgIpc) is 2.49. The predicted octanol–water partition coefficient (Wildman–Crippen LogP) is 4.74. The number of anilines is 1. The van der Waals surface area contributed by atoms with Crippen molar-refractivity contribution < 1.29 is 4.74 Å². The zero-order valence-corrected chi connectivity index (χ0v) is 12.7. The summed E-state index contributed by atoms with van der Waals surface area (Å²) in [5.41, 5.74) is 4.89. The van der Waals surface area contributed by atoms with E-state index in [4.69, 9.17) is 4.74 Å². The molecule has 2 nitrogen and oxygen atoms in total. The molecule has 0 saturated carbocycles. The number of ether oxygens (including phenoxy) is 1. The summed E-state index contributed by atoms with van der Waals surface area (Å²) in [5, 5.41) is 3.52. The quantitative estimate of drug-likeness (QED) is 0.846. The molecule has 1 atom stereocenters. The third-order valence-electron chi connectivity index (χ3n) is 3.62. The maximum Gasteiger partial charge on any atom is 0.142 e. The Morgan fingerprint density at radius 1 is 1.10 bits per heavy atom. The second-order valence-electron chi connectivity index (χ2n) is 5.16. The van der Waals surface area contributed by atoms with Gasteiger partial charge in [-0.1, -0.05) is 37.3 Å². The smallest absolute Gasteiger partial charge is 0.142 e. The molecule has 0 amide bonds. The minimum absolute atomic E-state index is 0.248. The third kappa shape index (κ3) is 3.32.